The summed E-state index contributed by atoms with van der Waals surface area (Å²) < 4.78 is 5.33. The lowest BCUT2D eigenvalue weighted by atomic mass is 9.96. The van der Waals surface area contributed by atoms with Crippen molar-refractivity contribution in [2.75, 3.05) is 13.1 Å². The minimum Gasteiger partial charge on any atom is -0.343 e. The Balaban J connectivity index is 1.63. The molecule has 2 fully saturated rings. The van der Waals surface area contributed by atoms with Crippen molar-refractivity contribution in [3.8, 4) is 0 Å². The third-order valence-corrected chi connectivity index (χ3v) is 4.82. The standard InChI is InChI=1S/C18H28N4O3/c1-17(2,3)16-19-15(21-25-16)18(4,5)20-14(24)12-8-13(23)22(10-12)9-11-6-7-11/h11-12H,6-10H2,1-5H3,(H,20,24)/t12-/m1/s1. The highest BCUT2D eigenvalue weighted by Crippen LogP contribution is 2.32. The highest BCUT2D eigenvalue weighted by Gasteiger charge is 2.39. The predicted molar refractivity (Wildman–Crippen MR) is 91.6 cm³/mol. The van der Waals surface area contributed by atoms with Crippen LogP contribution in [0.5, 0.6) is 0 Å². The monoisotopic (exact) mass is 348 g/mol. The molecule has 7 nitrogen and oxygen atoms in total. The number of nitrogens with one attached hydrogen (secondary N) is 1. The zero-order chi connectivity index (χ0) is 18.4. The molecule has 0 spiro atoms. The molecule has 1 aromatic heterocycles. The fourth-order valence-electron chi connectivity index (χ4n) is 2.98. The Morgan fingerprint density at radius 1 is 1.28 bits per heavy atom. The molecule has 2 aliphatic rings. The number of amides is 2. The van der Waals surface area contributed by atoms with Crippen LogP contribution < -0.4 is 5.32 Å². The van der Waals surface area contributed by atoms with E-state index in [0.29, 0.717) is 24.2 Å². The molecule has 1 saturated carbocycles. The molecular formula is C18H28N4O3. The molecule has 3 rings (SSSR count). The van der Waals surface area contributed by atoms with E-state index in [4.69, 9.17) is 4.52 Å². The lowest BCUT2D eigenvalue weighted by Crippen LogP contribution is -2.45. The van der Waals surface area contributed by atoms with E-state index >= 15 is 0 Å². The molecule has 0 radical (unpaired) electrons. The van der Waals surface area contributed by atoms with E-state index in [9.17, 15) is 9.59 Å². The van der Waals surface area contributed by atoms with Crippen LogP contribution in [0.2, 0.25) is 0 Å². The predicted octanol–water partition coefficient (Wildman–Crippen LogP) is 1.98. The van der Waals surface area contributed by atoms with Gasteiger partial charge in [-0.1, -0.05) is 25.9 Å². The van der Waals surface area contributed by atoms with E-state index in [2.05, 4.69) is 15.5 Å². The number of likely N-dealkylation sites (tertiary alicyclic amines) is 1. The highest BCUT2D eigenvalue weighted by atomic mass is 16.5. The lowest BCUT2D eigenvalue weighted by Gasteiger charge is -2.24. The second-order valence-electron chi connectivity index (χ2n) is 8.93. The second-order valence-corrected chi connectivity index (χ2v) is 8.93. The van der Waals surface area contributed by atoms with Crippen molar-refractivity contribution in [3.05, 3.63) is 11.7 Å². The molecule has 2 amide bonds. The largest absolute Gasteiger partial charge is 0.343 e. The average Bonchev–Trinajstić information content (AvgIpc) is 3.00. The van der Waals surface area contributed by atoms with Gasteiger partial charge in [0.15, 0.2) is 5.82 Å². The Morgan fingerprint density at radius 3 is 2.52 bits per heavy atom. The van der Waals surface area contributed by atoms with Crippen LogP contribution in [0, 0.1) is 11.8 Å². The number of carbonyl (C=O) groups is 2. The van der Waals surface area contributed by atoms with Crippen LogP contribution in [-0.4, -0.2) is 39.9 Å². The first kappa shape index (κ1) is 17.9. The number of nitrogens with zero attached hydrogens (tertiary/aromatic N) is 3. The summed E-state index contributed by atoms with van der Waals surface area (Å²) in [4.78, 5) is 31.0. The van der Waals surface area contributed by atoms with Crippen LogP contribution in [0.3, 0.4) is 0 Å². The van der Waals surface area contributed by atoms with Gasteiger partial charge >= 0.3 is 0 Å². The molecule has 138 valence electrons. The van der Waals surface area contributed by atoms with Crippen LogP contribution in [0.25, 0.3) is 0 Å². The maximum Gasteiger partial charge on any atom is 0.232 e. The van der Waals surface area contributed by atoms with Crippen LogP contribution in [0.1, 0.15) is 65.6 Å². The van der Waals surface area contributed by atoms with Gasteiger partial charge in [0.05, 0.1) is 11.5 Å². The third-order valence-electron chi connectivity index (χ3n) is 4.82. The number of aromatic nitrogens is 2. The third kappa shape index (κ3) is 4.02. The SMILES string of the molecule is CC(C)(C)c1nc(C(C)(C)NC(=O)[C@@H]2CC(=O)N(CC3CC3)C2)no1. The highest BCUT2D eigenvalue weighted by molar-refractivity contribution is 5.89. The topological polar surface area (TPSA) is 88.3 Å². The molecule has 1 aliphatic heterocycles. The number of rotatable bonds is 5. The van der Waals surface area contributed by atoms with Gasteiger partial charge in [-0.3, -0.25) is 9.59 Å². The van der Waals surface area contributed by atoms with Gasteiger partial charge in [0.25, 0.3) is 0 Å². The van der Waals surface area contributed by atoms with Crippen molar-refractivity contribution in [2.24, 2.45) is 11.8 Å². The van der Waals surface area contributed by atoms with Crippen molar-refractivity contribution < 1.29 is 14.1 Å². The molecule has 1 saturated heterocycles. The smallest absolute Gasteiger partial charge is 0.232 e. The van der Waals surface area contributed by atoms with Gasteiger partial charge < -0.3 is 14.7 Å². The summed E-state index contributed by atoms with van der Waals surface area (Å²) >= 11 is 0. The minimum atomic E-state index is -0.753. The van der Waals surface area contributed by atoms with Gasteiger partial charge in [0, 0.05) is 24.9 Å². The van der Waals surface area contributed by atoms with Gasteiger partial charge in [0.2, 0.25) is 17.7 Å². The first-order chi connectivity index (χ1) is 11.6. The Labute approximate surface area is 148 Å². The van der Waals surface area contributed by atoms with Gasteiger partial charge in [-0.25, -0.2) is 0 Å². The van der Waals surface area contributed by atoms with Gasteiger partial charge in [0.1, 0.15) is 0 Å². The first-order valence-electron chi connectivity index (χ1n) is 9.01. The molecule has 7 heteroatoms. The van der Waals surface area contributed by atoms with E-state index < -0.39 is 5.54 Å². The maximum absolute atomic E-state index is 12.7. The van der Waals surface area contributed by atoms with Crippen LogP contribution in [0.4, 0.5) is 0 Å². The van der Waals surface area contributed by atoms with Gasteiger partial charge in [-0.15, -0.1) is 0 Å². The average molecular weight is 348 g/mol. The Bertz CT molecular complexity index is 670. The molecule has 1 aromatic rings. The van der Waals surface area contributed by atoms with E-state index in [1.165, 1.54) is 12.8 Å². The lowest BCUT2D eigenvalue weighted by molar-refractivity contribution is -0.129. The number of hydrogen-bond donors (Lipinski definition) is 1. The van der Waals surface area contributed by atoms with E-state index in [1.807, 2.05) is 39.5 Å². The summed E-state index contributed by atoms with van der Waals surface area (Å²) in [6, 6.07) is 0. The van der Waals surface area contributed by atoms with Gasteiger partial charge in [-0.2, -0.15) is 4.98 Å². The van der Waals surface area contributed by atoms with Crippen LogP contribution in [0.15, 0.2) is 4.52 Å². The van der Waals surface area contributed by atoms with Crippen molar-refractivity contribution in [2.45, 2.75) is 64.8 Å². The van der Waals surface area contributed by atoms with E-state index in [-0.39, 0.29) is 29.6 Å². The molecular weight excluding hydrogens is 320 g/mol. The van der Waals surface area contributed by atoms with Crippen LogP contribution >= 0.6 is 0 Å². The summed E-state index contributed by atoms with van der Waals surface area (Å²) in [6.07, 6.45) is 2.68. The summed E-state index contributed by atoms with van der Waals surface area (Å²) in [5.74, 6) is 1.27. The number of carbonyl (C=O) groups excluding carboxylic acids is 2. The number of hydrogen-bond acceptors (Lipinski definition) is 5. The summed E-state index contributed by atoms with van der Waals surface area (Å²) in [5.41, 5.74) is -0.996. The van der Waals surface area contributed by atoms with Crippen molar-refractivity contribution >= 4 is 11.8 Å². The quantitative estimate of drug-likeness (QED) is 0.879. The molecule has 1 atom stereocenters. The Kier molecular flexibility index (Phi) is 4.37. The molecule has 0 unspecified atom stereocenters. The maximum atomic E-state index is 12.7. The van der Waals surface area contributed by atoms with E-state index in [0.717, 1.165) is 6.54 Å². The second kappa shape index (κ2) is 6.11. The Morgan fingerprint density at radius 2 is 1.96 bits per heavy atom. The van der Waals surface area contributed by atoms with Gasteiger partial charge in [-0.05, 0) is 32.6 Å². The fraction of sp³-hybridized carbons (Fsp3) is 0.778. The zero-order valence-corrected chi connectivity index (χ0v) is 15.8. The molecule has 0 bridgehead atoms. The van der Waals surface area contributed by atoms with Crippen molar-refractivity contribution in [1.29, 1.82) is 0 Å². The van der Waals surface area contributed by atoms with Crippen LogP contribution in [-0.2, 0) is 20.5 Å². The molecule has 2 heterocycles. The summed E-state index contributed by atoms with van der Waals surface area (Å²) in [7, 11) is 0. The van der Waals surface area contributed by atoms with E-state index in [1.54, 1.807) is 0 Å². The summed E-state index contributed by atoms with van der Waals surface area (Å²) in [6.45, 7) is 11.0. The molecule has 1 N–H and O–H groups in total. The normalized spacial score (nSPS) is 21.7. The Hall–Kier alpha value is -1.92. The minimum absolute atomic E-state index is 0.0828. The fourth-order valence-corrected chi connectivity index (χ4v) is 2.98. The van der Waals surface area contributed by atoms with Crippen molar-refractivity contribution in [1.82, 2.24) is 20.4 Å². The first-order valence-corrected chi connectivity index (χ1v) is 9.01. The van der Waals surface area contributed by atoms with Crippen molar-refractivity contribution in [3.63, 3.8) is 0 Å². The molecule has 0 aromatic carbocycles. The molecule has 1 aliphatic carbocycles. The summed E-state index contributed by atoms with van der Waals surface area (Å²) in [5, 5.41) is 7.02. The molecule has 25 heavy (non-hydrogen) atoms. The zero-order valence-electron chi connectivity index (χ0n) is 15.8.